The Morgan fingerprint density at radius 3 is 2.78 bits per heavy atom. The molecule has 0 aromatic carbocycles. The summed E-state index contributed by atoms with van der Waals surface area (Å²) in [4.78, 5) is 8.89. The van der Waals surface area contributed by atoms with Gasteiger partial charge in [-0.15, -0.1) is 11.3 Å². The highest BCUT2D eigenvalue weighted by atomic mass is 32.1. The third-order valence-corrected chi connectivity index (χ3v) is 6.19. The van der Waals surface area contributed by atoms with E-state index in [9.17, 15) is 0 Å². The van der Waals surface area contributed by atoms with E-state index in [2.05, 4.69) is 40.0 Å². The van der Waals surface area contributed by atoms with E-state index in [1.807, 2.05) is 11.3 Å². The van der Waals surface area contributed by atoms with Gasteiger partial charge in [0.2, 0.25) is 0 Å². The number of rotatable bonds is 11. The molecule has 0 amide bonds. The molecule has 0 unspecified atom stereocenters. The number of hydrogen-bond donors (Lipinski definition) is 2. The van der Waals surface area contributed by atoms with Crippen LogP contribution in [0.1, 0.15) is 43.9 Å². The Morgan fingerprint density at radius 2 is 2.07 bits per heavy atom. The minimum Gasteiger partial charge on any atom is -0.381 e. The lowest BCUT2D eigenvalue weighted by Crippen LogP contribution is -2.39. The van der Waals surface area contributed by atoms with E-state index in [1.54, 1.807) is 0 Å². The van der Waals surface area contributed by atoms with Crippen molar-refractivity contribution < 1.29 is 4.74 Å². The van der Waals surface area contributed by atoms with Gasteiger partial charge in [-0.25, -0.2) is 0 Å². The van der Waals surface area contributed by atoms with Gasteiger partial charge in [0, 0.05) is 44.3 Å². The van der Waals surface area contributed by atoms with Crippen molar-refractivity contribution in [3.63, 3.8) is 0 Å². The number of likely N-dealkylation sites (tertiary alicyclic amines) is 1. The van der Waals surface area contributed by atoms with Gasteiger partial charge in [0.25, 0.3) is 0 Å². The standard InChI is InChI=1S/C21H36N4OS/c1-2-22-21(23-10-4-13-26-17-19-6-7-19)24-15-18-8-11-25(12-9-18)16-20-5-3-14-27-20/h3,5,14,18-19H,2,4,6-13,15-17H2,1H3,(H2,22,23,24). The summed E-state index contributed by atoms with van der Waals surface area (Å²) in [7, 11) is 0. The van der Waals surface area contributed by atoms with Crippen LogP contribution in [-0.4, -0.2) is 56.8 Å². The van der Waals surface area contributed by atoms with Crippen molar-refractivity contribution in [2.45, 2.75) is 45.6 Å². The van der Waals surface area contributed by atoms with E-state index in [0.29, 0.717) is 5.92 Å². The number of nitrogens with one attached hydrogen (secondary N) is 2. The molecule has 152 valence electrons. The van der Waals surface area contributed by atoms with E-state index in [0.717, 1.165) is 57.7 Å². The lowest BCUT2D eigenvalue weighted by atomic mass is 9.97. The molecule has 0 radical (unpaired) electrons. The summed E-state index contributed by atoms with van der Waals surface area (Å²) in [5.41, 5.74) is 0. The zero-order valence-corrected chi connectivity index (χ0v) is 17.6. The second-order valence-corrected chi connectivity index (χ2v) is 8.85. The van der Waals surface area contributed by atoms with Crippen molar-refractivity contribution in [2.24, 2.45) is 16.8 Å². The van der Waals surface area contributed by atoms with Crippen LogP contribution in [0.3, 0.4) is 0 Å². The van der Waals surface area contributed by atoms with Crippen molar-refractivity contribution in [3.8, 4) is 0 Å². The number of nitrogens with zero attached hydrogens (tertiary/aromatic N) is 2. The lowest BCUT2D eigenvalue weighted by Gasteiger charge is -2.31. The average Bonchev–Trinajstić information content (AvgIpc) is 3.37. The minimum absolute atomic E-state index is 0.710. The normalized spacial score (nSPS) is 19.4. The summed E-state index contributed by atoms with van der Waals surface area (Å²) in [5.74, 6) is 2.52. The summed E-state index contributed by atoms with van der Waals surface area (Å²) in [6.07, 6.45) is 6.27. The molecule has 27 heavy (non-hydrogen) atoms. The van der Waals surface area contributed by atoms with E-state index in [4.69, 9.17) is 9.73 Å². The third-order valence-electron chi connectivity index (χ3n) is 5.33. The first-order valence-corrected chi connectivity index (χ1v) is 11.6. The Balaban J connectivity index is 1.29. The Bertz CT molecular complexity index is 536. The number of ether oxygens (including phenoxy) is 1. The zero-order valence-electron chi connectivity index (χ0n) is 16.8. The smallest absolute Gasteiger partial charge is 0.191 e. The quantitative estimate of drug-likeness (QED) is 0.345. The number of thiophene rings is 1. The molecule has 1 aliphatic heterocycles. The van der Waals surface area contributed by atoms with Gasteiger partial charge in [0.1, 0.15) is 0 Å². The van der Waals surface area contributed by atoms with Crippen LogP contribution in [0.5, 0.6) is 0 Å². The van der Waals surface area contributed by atoms with E-state index >= 15 is 0 Å². The monoisotopic (exact) mass is 392 g/mol. The highest BCUT2D eigenvalue weighted by Crippen LogP contribution is 2.28. The van der Waals surface area contributed by atoms with Gasteiger partial charge < -0.3 is 15.4 Å². The molecule has 6 heteroatoms. The van der Waals surface area contributed by atoms with Crippen molar-refractivity contribution in [2.75, 3.05) is 45.9 Å². The third kappa shape index (κ3) is 8.20. The van der Waals surface area contributed by atoms with Gasteiger partial charge in [-0.1, -0.05) is 6.07 Å². The molecular weight excluding hydrogens is 356 g/mol. The molecule has 1 aromatic rings. The minimum atomic E-state index is 0.710. The van der Waals surface area contributed by atoms with Crippen LogP contribution in [0, 0.1) is 11.8 Å². The van der Waals surface area contributed by atoms with Crippen LogP contribution >= 0.6 is 11.3 Å². The summed E-state index contributed by atoms with van der Waals surface area (Å²) in [6.45, 7) is 10.2. The molecule has 1 saturated carbocycles. The van der Waals surface area contributed by atoms with Gasteiger partial charge in [0.05, 0.1) is 0 Å². The van der Waals surface area contributed by atoms with Gasteiger partial charge in [0.15, 0.2) is 5.96 Å². The van der Waals surface area contributed by atoms with Crippen LogP contribution in [-0.2, 0) is 11.3 Å². The molecule has 1 aromatic heterocycles. The van der Waals surface area contributed by atoms with Gasteiger partial charge in [-0.05, 0) is 75.4 Å². The molecule has 1 saturated heterocycles. The fraction of sp³-hybridized carbons (Fsp3) is 0.762. The first-order valence-electron chi connectivity index (χ1n) is 10.7. The summed E-state index contributed by atoms with van der Waals surface area (Å²) in [6, 6.07) is 4.39. The van der Waals surface area contributed by atoms with Gasteiger partial charge in [-0.3, -0.25) is 9.89 Å². The molecule has 5 nitrogen and oxygen atoms in total. The molecule has 2 heterocycles. The number of hydrogen-bond acceptors (Lipinski definition) is 4. The van der Waals surface area contributed by atoms with E-state index in [1.165, 1.54) is 43.6 Å². The number of aliphatic imine (C=N–C) groups is 1. The van der Waals surface area contributed by atoms with Crippen molar-refractivity contribution in [1.29, 1.82) is 0 Å². The SMILES string of the molecule is CCNC(=NCC1CCN(Cc2cccs2)CC1)NCCCOCC1CC1. The highest BCUT2D eigenvalue weighted by molar-refractivity contribution is 7.09. The van der Waals surface area contributed by atoms with Crippen LogP contribution in [0.4, 0.5) is 0 Å². The average molecular weight is 393 g/mol. The topological polar surface area (TPSA) is 48.9 Å². The zero-order chi connectivity index (χ0) is 18.7. The first-order chi connectivity index (χ1) is 13.3. The molecule has 1 aliphatic carbocycles. The maximum Gasteiger partial charge on any atom is 0.191 e. The molecule has 3 rings (SSSR count). The van der Waals surface area contributed by atoms with E-state index in [-0.39, 0.29) is 0 Å². The molecule has 2 aliphatic rings. The molecule has 0 spiro atoms. The van der Waals surface area contributed by atoms with E-state index < -0.39 is 0 Å². The van der Waals surface area contributed by atoms with Crippen LogP contribution in [0.15, 0.2) is 22.5 Å². The molecule has 0 bridgehead atoms. The van der Waals surface area contributed by atoms with Crippen molar-refractivity contribution in [1.82, 2.24) is 15.5 Å². The first kappa shape index (κ1) is 20.6. The molecule has 2 fully saturated rings. The molecule has 0 atom stereocenters. The highest BCUT2D eigenvalue weighted by Gasteiger charge is 2.21. The fourth-order valence-corrected chi connectivity index (χ4v) is 4.17. The molecule has 2 N–H and O–H groups in total. The van der Waals surface area contributed by atoms with Crippen LogP contribution in [0.2, 0.25) is 0 Å². The summed E-state index contributed by atoms with van der Waals surface area (Å²) >= 11 is 1.86. The summed E-state index contributed by atoms with van der Waals surface area (Å²) < 4.78 is 5.70. The lowest BCUT2D eigenvalue weighted by molar-refractivity contribution is 0.123. The largest absolute Gasteiger partial charge is 0.381 e. The Morgan fingerprint density at radius 1 is 1.22 bits per heavy atom. The van der Waals surface area contributed by atoms with Crippen molar-refractivity contribution >= 4 is 17.3 Å². The maximum absolute atomic E-state index is 5.70. The fourth-order valence-electron chi connectivity index (χ4n) is 3.43. The van der Waals surface area contributed by atoms with Crippen LogP contribution in [0.25, 0.3) is 0 Å². The maximum atomic E-state index is 5.70. The Labute approximate surface area is 168 Å². The predicted molar refractivity (Wildman–Crippen MR) is 114 cm³/mol. The van der Waals surface area contributed by atoms with Crippen LogP contribution < -0.4 is 10.6 Å². The molecular formula is C21H36N4OS. The van der Waals surface area contributed by atoms with Crippen molar-refractivity contribution in [3.05, 3.63) is 22.4 Å². The number of piperidine rings is 1. The number of guanidine groups is 1. The second-order valence-electron chi connectivity index (χ2n) is 7.82. The van der Waals surface area contributed by atoms with Gasteiger partial charge in [-0.2, -0.15) is 0 Å². The van der Waals surface area contributed by atoms with Gasteiger partial charge >= 0.3 is 0 Å². The summed E-state index contributed by atoms with van der Waals surface area (Å²) in [5, 5.41) is 8.99. The Kier molecular flexibility index (Phi) is 8.91. The Hall–Kier alpha value is -1.11. The second kappa shape index (κ2) is 11.7. The predicted octanol–water partition coefficient (Wildman–Crippen LogP) is 3.33.